The summed E-state index contributed by atoms with van der Waals surface area (Å²) in [6.45, 7) is 25.9. The van der Waals surface area contributed by atoms with E-state index in [9.17, 15) is 10.2 Å². The minimum absolute atomic E-state index is 0. The predicted octanol–water partition coefficient (Wildman–Crippen LogP) is 3.02. The molecule has 1 fully saturated rings. The van der Waals surface area contributed by atoms with E-state index in [-0.39, 0.29) is 52.5 Å². The molecule has 7 heteroatoms. The van der Waals surface area contributed by atoms with Crippen molar-refractivity contribution in [3.05, 3.63) is 57.6 Å². The Morgan fingerprint density at radius 2 is 1.09 bits per heavy atom. The molecule has 43 heavy (non-hydrogen) atoms. The SMILES string of the molecule is CC(C)(C)c1cc(C=N[C@@H]2CCCC[C@]2([Mn+2])N=Cc2cc(C(C)(C)C)cc(C(C)(C)C)c2O)c(O)c(C(C)(C)C)c1.[Cl-].[Cl-]. The van der Waals surface area contributed by atoms with E-state index < -0.39 is 4.44 Å². The molecule has 0 amide bonds. The number of hydrogen-bond acceptors (Lipinski definition) is 4. The monoisotopic (exact) mass is 670 g/mol. The third-order valence-corrected chi connectivity index (χ3v) is 9.05. The van der Waals surface area contributed by atoms with Gasteiger partial charge >= 0.3 is 259 Å². The molecule has 2 aromatic carbocycles. The Morgan fingerprint density at radius 1 is 0.674 bits per heavy atom. The molecular formula is C36H53Cl2MnN2O2. The topological polar surface area (TPSA) is 65.2 Å². The first kappa shape index (κ1) is 39.5. The minimum Gasteiger partial charge on any atom is -1.00 e. The van der Waals surface area contributed by atoms with Gasteiger partial charge < -0.3 is 24.8 Å². The van der Waals surface area contributed by atoms with E-state index in [1.54, 1.807) is 0 Å². The van der Waals surface area contributed by atoms with Gasteiger partial charge in [0.05, 0.1) is 0 Å². The van der Waals surface area contributed by atoms with Crippen molar-refractivity contribution in [1.82, 2.24) is 0 Å². The molecule has 2 atom stereocenters. The fourth-order valence-corrected chi connectivity index (χ4v) is 5.85. The predicted molar refractivity (Wildman–Crippen MR) is 171 cm³/mol. The molecule has 0 saturated heterocycles. The number of phenols is 2. The molecule has 0 aliphatic heterocycles. The summed E-state index contributed by atoms with van der Waals surface area (Å²) in [5.41, 5.74) is 5.18. The van der Waals surface area contributed by atoms with Crippen LogP contribution in [0.25, 0.3) is 0 Å². The van der Waals surface area contributed by atoms with E-state index in [1.165, 1.54) is 11.1 Å². The number of aromatic hydroxyl groups is 2. The van der Waals surface area contributed by atoms with E-state index >= 15 is 0 Å². The Hall–Kier alpha value is -1.52. The summed E-state index contributed by atoms with van der Waals surface area (Å²) in [4.78, 5) is 10.1. The summed E-state index contributed by atoms with van der Waals surface area (Å²) in [7, 11) is 0. The molecule has 0 unspecified atom stereocenters. The van der Waals surface area contributed by atoms with E-state index in [4.69, 9.17) is 9.98 Å². The molecule has 240 valence electrons. The maximum absolute atomic E-state index is 11.3. The van der Waals surface area contributed by atoms with Crippen molar-refractivity contribution in [3.63, 3.8) is 0 Å². The number of rotatable bonds is 4. The first-order chi connectivity index (χ1) is 18.5. The van der Waals surface area contributed by atoms with Crippen LogP contribution in [-0.2, 0) is 37.7 Å². The van der Waals surface area contributed by atoms with Crippen LogP contribution in [0, 0.1) is 0 Å². The quantitative estimate of drug-likeness (QED) is 0.388. The van der Waals surface area contributed by atoms with Crippen molar-refractivity contribution in [2.45, 2.75) is 141 Å². The van der Waals surface area contributed by atoms with Crippen molar-refractivity contribution in [3.8, 4) is 11.5 Å². The van der Waals surface area contributed by atoms with Gasteiger partial charge in [0.1, 0.15) is 0 Å². The standard InChI is InChI=1S/C36H53N2O2.2ClH.Mn/c1-33(2,3)25-17-23(31(39)27(19-25)35(7,8)9)21-37-29-15-13-14-16-30(29)38-22-24-18-26(34(4,5)6)20-28(32(24)40)36(10,11)12;;;/h17-22,29,39-40H,13-16H2,1-12H3;2*1H;/q;;;+2/p-2/t29-;;;/m1.../s1. The van der Waals surface area contributed by atoms with Gasteiger partial charge in [0.15, 0.2) is 0 Å². The average molecular weight is 672 g/mol. The molecule has 1 aliphatic rings. The molecule has 2 N–H and O–H groups in total. The summed E-state index contributed by atoms with van der Waals surface area (Å²) in [5, 5.41) is 22.6. The molecule has 0 spiro atoms. The van der Waals surface area contributed by atoms with E-state index in [1.807, 2.05) is 12.4 Å². The second-order valence-corrected chi connectivity index (χ2v) is 17.1. The molecular weight excluding hydrogens is 618 g/mol. The Bertz CT molecular complexity index is 1330. The second kappa shape index (κ2) is 13.9. The van der Waals surface area contributed by atoms with Crippen LogP contribution in [0.2, 0.25) is 0 Å². The van der Waals surface area contributed by atoms with Crippen LogP contribution < -0.4 is 24.8 Å². The van der Waals surface area contributed by atoms with Crippen LogP contribution in [0.15, 0.2) is 34.3 Å². The van der Waals surface area contributed by atoms with Gasteiger partial charge in [0, 0.05) is 0 Å². The van der Waals surface area contributed by atoms with Gasteiger partial charge in [-0.3, -0.25) is 0 Å². The molecule has 0 aromatic heterocycles. The third-order valence-electron chi connectivity index (χ3n) is 8.20. The largest absolute Gasteiger partial charge is 1.00 e. The van der Waals surface area contributed by atoms with Gasteiger partial charge in [-0.25, -0.2) is 0 Å². The molecule has 0 heterocycles. The van der Waals surface area contributed by atoms with Gasteiger partial charge in [-0.05, 0) is 0 Å². The van der Waals surface area contributed by atoms with E-state index in [0.29, 0.717) is 11.5 Å². The van der Waals surface area contributed by atoms with Crippen molar-refractivity contribution < 1.29 is 51.0 Å². The number of nitrogens with zero attached hydrogens (tertiary/aromatic N) is 2. The minimum atomic E-state index is -0.585. The maximum Gasteiger partial charge on any atom is -1.00 e. The summed E-state index contributed by atoms with van der Waals surface area (Å²) in [6, 6.07) is 8.30. The zero-order valence-electron chi connectivity index (χ0n) is 28.3. The second-order valence-electron chi connectivity index (χ2n) is 16.0. The van der Waals surface area contributed by atoms with Crippen molar-refractivity contribution in [1.29, 1.82) is 0 Å². The van der Waals surface area contributed by atoms with E-state index in [2.05, 4.69) is 123 Å². The molecule has 0 bridgehead atoms. The van der Waals surface area contributed by atoms with Gasteiger partial charge in [0.2, 0.25) is 0 Å². The Kier molecular flexibility index (Phi) is 12.7. The summed E-state index contributed by atoms with van der Waals surface area (Å²) < 4.78 is -0.585. The molecule has 2 aromatic rings. The molecule has 1 saturated carbocycles. The van der Waals surface area contributed by atoms with Crippen LogP contribution in [0.1, 0.15) is 142 Å². The van der Waals surface area contributed by atoms with E-state index in [0.717, 1.165) is 47.9 Å². The first-order valence-corrected chi connectivity index (χ1v) is 15.7. The zero-order chi connectivity index (χ0) is 31.2. The molecule has 0 radical (unpaired) electrons. The van der Waals surface area contributed by atoms with Gasteiger partial charge in [-0.2, -0.15) is 0 Å². The molecule has 4 nitrogen and oxygen atoms in total. The Morgan fingerprint density at radius 3 is 1.49 bits per heavy atom. The van der Waals surface area contributed by atoms with Crippen molar-refractivity contribution in [2.24, 2.45) is 9.98 Å². The van der Waals surface area contributed by atoms with Gasteiger partial charge in [0.25, 0.3) is 0 Å². The van der Waals surface area contributed by atoms with Gasteiger partial charge in [-0.1, -0.05) is 0 Å². The Labute approximate surface area is 282 Å². The van der Waals surface area contributed by atoms with Crippen LogP contribution in [0.3, 0.4) is 0 Å². The maximum atomic E-state index is 11.3. The van der Waals surface area contributed by atoms with Crippen LogP contribution in [0.5, 0.6) is 11.5 Å². The Balaban J connectivity index is 0.00000462. The number of benzene rings is 2. The fourth-order valence-electron chi connectivity index (χ4n) is 5.30. The number of phenolic OH excluding ortho intramolecular Hbond substituents is 2. The zero-order valence-corrected chi connectivity index (χ0v) is 31.0. The summed E-state index contributed by atoms with van der Waals surface area (Å²) >= 11 is 3.99. The number of halogens is 2. The molecule has 1 aliphatic carbocycles. The van der Waals surface area contributed by atoms with Crippen molar-refractivity contribution in [2.75, 3.05) is 0 Å². The van der Waals surface area contributed by atoms with Crippen molar-refractivity contribution >= 4 is 12.4 Å². The summed E-state index contributed by atoms with van der Waals surface area (Å²) in [5.74, 6) is 0.590. The third kappa shape index (κ3) is 9.49. The fraction of sp³-hybridized carbons (Fsp3) is 0.611. The van der Waals surface area contributed by atoms with Crippen LogP contribution in [0.4, 0.5) is 0 Å². The normalized spacial score (nSPS) is 20.2. The average Bonchev–Trinajstić information content (AvgIpc) is 2.80. The van der Waals surface area contributed by atoms with Gasteiger partial charge in [-0.15, -0.1) is 0 Å². The summed E-state index contributed by atoms with van der Waals surface area (Å²) in [6.07, 6.45) is 7.54. The van der Waals surface area contributed by atoms with Crippen LogP contribution >= 0.6 is 0 Å². The number of hydrogen-bond donors (Lipinski definition) is 2. The first-order valence-electron chi connectivity index (χ1n) is 15.1. The molecule has 3 rings (SSSR count). The number of aliphatic imine (C=N–C) groups is 2. The smallest absolute Gasteiger partial charge is 1.00 e. The van der Waals surface area contributed by atoms with Crippen LogP contribution in [-0.4, -0.2) is 33.1 Å².